The second kappa shape index (κ2) is 3.22. The van der Waals surface area contributed by atoms with Crippen LogP contribution < -0.4 is 10.6 Å². The van der Waals surface area contributed by atoms with Crippen molar-refractivity contribution < 1.29 is 4.79 Å². The molecule has 4 nitrogen and oxygen atoms in total. The van der Waals surface area contributed by atoms with E-state index in [0.717, 1.165) is 12.1 Å². The molecule has 15 heavy (non-hydrogen) atoms. The average molecular weight is 205 g/mol. The molecule has 1 fully saturated rings. The van der Waals surface area contributed by atoms with Crippen LogP contribution in [0, 0.1) is 0 Å². The molecule has 0 spiro atoms. The van der Waals surface area contributed by atoms with E-state index < -0.39 is 0 Å². The second-order valence-electron chi connectivity index (χ2n) is 4.48. The van der Waals surface area contributed by atoms with Gasteiger partial charge in [0.05, 0.1) is 11.9 Å². The molecule has 0 atom stereocenters. The van der Waals surface area contributed by atoms with Gasteiger partial charge in [-0.3, -0.25) is 4.79 Å². The maximum atomic E-state index is 11.7. The molecule has 0 aliphatic carbocycles. The number of nitrogens with zero attached hydrogens (tertiary/aromatic N) is 2. The third kappa shape index (κ3) is 1.67. The maximum Gasteiger partial charge on any atom is 0.227 e. The van der Waals surface area contributed by atoms with Crippen molar-refractivity contribution in [1.29, 1.82) is 0 Å². The molecule has 80 valence electrons. The van der Waals surface area contributed by atoms with Crippen LogP contribution in [0.15, 0.2) is 18.3 Å². The van der Waals surface area contributed by atoms with E-state index in [1.807, 2.05) is 6.07 Å². The Kier molecular flexibility index (Phi) is 2.14. The van der Waals surface area contributed by atoms with E-state index >= 15 is 0 Å². The molecule has 1 aliphatic heterocycles. The standard InChI is InChI=1S/C11H15N3O/c1-11(2)6-5-10(15)14(11)8-3-4-9(12)13-7-8/h3-4,7H,5-6H2,1-2H3,(H2,12,13). The van der Waals surface area contributed by atoms with Gasteiger partial charge in [0.2, 0.25) is 5.91 Å². The first-order valence-electron chi connectivity index (χ1n) is 5.05. The van der Waals surface area contributed by atoms with Gasteiger partial charge >= 0.3 is 0 Å². The lowest BCUT2D eigenvalue weighted by Crippen LogP contribution is -2.40. The van der Waals surface area contributed by atoms with Gasteiger partial charge in [-0.05, 0) is 32.4 Å². The highest BCUT2D eigenvalue weighted by atomic mass is 16.2. The van der Waals surface area contributed by atoms with Gasteiger partial charge in [-0.2, -0.15) is 0 Å². The smallest absolute Gasteiger partial charge is 0.227 e. The molecular weight excluding hydrogens is 190 g/mol. The maximum absolute atomic E-state index is 11.7. The minimum absolute atomic E-state index is 0.116. The van der Waals surface area contributed by atoms with Crippen molar-refractivity contribution in [2.45, 2.75) is 32.2 Å². The molecule has 0 unspecified atom stereocenters. The van der Waals surface area contributed by atoms with E-state index in [2.05, 4.69) is 18.8 Å². The predicted octanol–water partition coefficient (Wildman–Crippen LogP) is 1.57. The van der Waals surface area contributed by atoms with Gasteiger partial charge in [-0.1, -0.05) is 0 Å². The SMILES string of the molecule is CC1(C)CCC(=O)N1c1ccc(N)nc1. The van der Waals surface area contributed by atoms with E-state index in [-0.39, 0.29) is 11.4 Å². The number of carbonyl (C=O) groups excluding carboxylic acids is 1. The van der Waals surface area contributed by atoms with Crippen molar-refractivity contribution in [3.05, 3.63) is 18.3 Å². The topological polar surface area (TPSA) is 59.2 Å². The number of hydrogen-bond donors (Lipinski definition) is 1. The molecule has 0 saturated carbocycles. The Balaban J connectivity index is 2.37. The molecule has 0 radical (unpaired) electrons. The van der Waals surface area contributed by atoms with Gasteiger partial charge < -0.3 is 10.6 Å². The fraction of sp³-hybridized carbons (Fsp3) is 0.455. The van der Waals surface area contributed by atoms with Crippen molar-refractivity contribution in [3.8, 4) is 0 Å². The van der Waals surface area contributed by atoms with Crippen LogP contribution in [-0.4, -0.2) is 16.4 Å². The summed E-state index contributed by atoms with van der Waals surface area (Å²) < 4.78 is 0. The Bertz CT molecular complexity index is 383. The van der Waals surface area contributed by atoms with Crippen LogP contribution in [0.5, 0.6) is 0 Å². The molecule has 0 bridgehead atoms. The summed E-state index contributed by atoms with van der Waals surface area (Å²) in [4.78, 5) is 17.6. The van der Waals surface area contributed by atoms with Crippen LogP contribution in [0.1, 0.15) is 26.7 Å². The van der Waals surface area contributed by atoms with E-state index in [0.29, 0.717) is 12.2 Å². The molecule has 1 amide bonds. The summed E-state index contributed by atoms with van der Waals surface area (Å²) in [6.45, 7) is 4.13. The van der Waals surface area contributed by atoms with E-state index in [1.165, 1.54) is 0 Å². The first kappa shape index (κ1) is 9.96. The summed E-state index contributed by atoms with van der Waals surface area (Å²) in [5.41, 5.74) is 6.23. The van der Waals surface area contributed by atoms with Crippen molar-refractivity contribution in [2.75, 3.05) is 10.6 Å². The van der Waals surface area contributed by atoms with Gasteiger partial charge in [0.1, 0.15) is 5.82 Å². The second-order valence-corrected chi connectivity index (χ2v) is 4.48. The highest BCUT2D eigenvalue weighted by Crippen LogP contribution is 2.34. The fourth-order valence-corrected chi connectivity index (χ4v) is 2.00. The van der Waals surface area contributed by atoms with Crippen molar-refractivity contribution >= 4 is 17.4 Å². The quantitative estimate of drug-likeness (QED) is 0.757. The van der Waals surface area contributed by atoms with Crippen LogP contribution in [-0.2, 0) is 4.79 Å². The molecular formula is C11H15N3O. The Morgan fingerprint density at radius 1 is 1.47 bits per heavy atom. The molecule has 1 aromatic heterocycles. The molecule has 0 aromatic carbocycles. The number of hydrogen-bond acceptors (Lipinski definition) is 3. The zero-order valence-electron chi connectivity index (χ0n) is 9.03. The summed E-state index contributed by atoms with van der Waals surface area (Å²) in [6, 6.07) is 3.56. The zero-order chi connectivity index (χ0) is 11.1. The monoisotopic (exact) mass is 205 g/mol. The van der Waals surface area contributed by atoms with Crippen LogP contribution >= 0.6 is 0 Å². The molecule has 1 aliphatic rings. The third-order valence-electron chi connectivity index (χ3n) is 2.83. The molecule has 1 aromatic rings. The highest BCUT2D eigenvalue weighted by Gasteiger charge is 2.38. The Labute approximate surface area is 89.1 Å². The van der Waals surface area contributed by atoms with Gasteiger partial charge in [0.25, 0.3) is 0 Å². The zero-order valence-corrected chi connectivity index (χ0v) is 9.03. The molecule has 2 rings (SSSR count). The normalized spacial score (nSPS) is 19.6. The van der Waals surface area contributed by atoms with Crippen molar-refractivity contribution in [2.24, 2.45) is 0 Å². The Hall–Kier alpha value is -1.58. The van der Waals surface area contributed by atoms with Gasteiger partial charge in [0.15, 0.2) is 0 Å². The van der Waals surface area contributed by atoms with Gasteiger partial charge in [-0.15, -0.1) is 0 Å². The summed E-state index contributed by atoms with van der Waals surface area (Å²) in [5.74, 6) is 0.634. The first-order valence-corrected chi connectivity index (χ1v) is 5.05. The van der Waals surface area contributed by atoms with E-state index in [4.69, 9.17) is 5.73 Å². The predicted molar refractivity (Wildman–Crippen MR) is 59.4 cm³/mol. The number of pyridine rings is 1. The lowest BCUT2D eigenvalue weighted by atomic mass is 10.0. The Morgan fingerprint density at radius 2 is 2.20 bits per heavy atom. The largest absolute Gasteiger partial charge is 0.384 e. The minimum atomic E-state index is -0.116. The van der Waals surface area contributed by atoms with Gasteiger partial charge in [-0.25, -0.2) is 4.98 Å². The lowest BCUT2D eigenvalue weighted by Gasteiger charge is -2.31. The van der Waals surface area contributed by atoms with Gasteiger partial charge in [0, 0.05) is 12.0 Å². The lowest BCUT2D eigenvalue weighted by molar-refractivity contribution is -0.117. The van der Waals surface area contributed by atoms with Crippen LogP contribution in [0.25, 0.3) is 0 Å². The molecule has 2 N–H and O–H groups in total. The molecule has 4 heteroatoms. The average Bonchev–Trinajstić information content (AvgIpc) is 2.43. The highest BCUT2D eigenvalue weighted by molar-refractivity contribution is 5.97. The van der Waals surface area contributed by atoms with Crippen molar-refractivity contribution in [1.82, 2.24) is 4.98 Å². The number of aromatic nitrogens is 1. The fourth-order valence-electron chi connectivity index (χ4n) is 2.00. The van der Waals surface area contributed by atoms with Crippen LogP contribution in [0.2, 0.25) is 0 Å². The number of nitrogen functional groups attached to an aromatic ring is 1. The van der Waals surface area contributed by atoms with E-state index in [1.54, 1.807) is 17.2 Å². The number of nitrogens with two attached hydrogens (primary N) is 1. The van der Waals surface area contributed by atoms with Crippen LogP contribution in [0.3, 0.4) is 0 Å². The third-order valence-corrected chi connectivity index (χ3v) is 2.83. The number of amides is 1. The van der Waals surface area contributed by atoms with Crippen LogP contribution in [0.4, 0.5) is 11.5 Å². The minimum Gasteiger partial charge on any atom is -0.384 e. The number of anilines is 2. The summed E-state index contributed by atoms with van der Waals surface area (Å²) in [7, 11) is 0. The first-order chi connectivity index (χ1) is 7.00. The number of carbonyl (C=O) groups is 1. The summed E-state index contributed by atoms with van der Waals surface area (Å²) in [6.07, 6.45) is 3.15. The molecule has 2 heterocycles. The van der Waals surface area contributed by atoms with Crippen molar-refractivity contribution in [3.63, 3.8) is 0 Å². The number of rotatable bonds is 1. The van der Waals surface area contributed by atoms with E-state index in [9.17, 15) is 4.79 Å². The Morgan fingerprint density at radius 3 is 2.67 bits per heavy atom. The summed E-state index contributed by atoms with van der Waals surface area (Å²) >= 11 is 0. The molecule has 1 saturated heterocycles. The summed E-state index contributed by atoms with van der Waals surface area (Å²) in [5, 5.41) is 0.